The molecule has 0 saturated heterocycles. The zero-order chi connectivity index (χ0) is 9.10. The Morgan fingerprint density at radius 2 is 2.38 bits per heavy atom. The highest BCUT2D eigenvalue weighted by Crippen LogP contribution is 2.26. The third-order valence-electron chi connectivity index (χ3n) is 2.58. The van der Waals surface area contributed by atoms with Crippen LogP contribution in [0.25, 0.3) is 0 Å². The summed E-state index contributed by atoms with van der Waals surface area (Å²) in [5.74, 6) is 0. The van der Waals surface area contributed by atoms with Crippen molar-refractivity contribution in [2.24, 2.45) is 5.73 Å². The van der Waals surface area contributed by atoms with Crippen LogP contribution in [0.1, 0.15) is 37.4 Å². The third kappa shape index (κ3) is 1.80. The van der Waals surface area contributed by atoms with E-state index in [4.69, 9.17) is 5.73 Å². The van der Waals surface area contributed by atoms with E-state index in [-0.39, 0.29) is 6.04 Å². The highest BCUT2D eigenvalue weighted by Gasteiger charge is 2.14. The van der Waals surface area contributed by atoms with E-state index in [0.717, 1.165) is 12.1 Å². The van der Waals surface area contributed by atoms with Gasteiger partial charge in [0.1, 0.15) is 0 Å². The molecule has 3 heteroatoms. The van der Waals surface area contributed by atoms with Gasteiger partial charge in [-0.1, -0.05) is 11.6 Å². The fraction of sp³-hybridized carbons (Fsp3) is 0.500. The quantitative estimate of drug-likeness (QED) is 0.678. The smallest absolute Gasteiger partial charge is 0.0680 e. The molecule has 0 radical (unpaired) electrons. The van der Waals surface area contributed by atoms with Crippen molar-refractivity contribution < 1.29 is 0 Å². The lowest BCUT2D eigenvalue weighted by Gasteiger charge is -2.18. The lowest BCUT2D eigenvalue weighted by atomic mass is 9.93. The van der Waals surface area contributed by atoms with E-state index in [1.807, 2.05) is 6.07 Å². The molecule has 1 aromatic heterocycles. The Balaban J connectivity index is 2.12. The average Bonchev–Trinajstić information content (AvgIpc) is 2.71. The lowest BCUT2D eigenvalue weighted by Crippen LogP contribution is -2.15. The van der Waals surface area contributed by atoms with Crippen molar-refractivity contribution >= 4 is 0 Å². The van der Waals surface area contributed by atoms with E-state index in [1.165, 1.54) is 24.8 Å². The Bertz CT molecular complexity index is 287. The second-order valence-electron chi connectivity index (χ2n) is 3.51. The Kier molecular flexibility index (Phi) is 2.45. The van der Waals surface area contributed by atoms with Crippen LogP contribution in [0.5, 0.6) is 0 Å². The van der Waals surface area contributed by atoms with Crippen LogP contribution >= 0.6 is 0 Å². The van der Waals surface area contributed by atoms with Gasteiger partial charge < -0.3 is 5.73 Å². The highest BCUT2D eigenvalue weighted by molar-refractivity contribution is 5.21. The molecule has 2 rings (SSSR count). The zero-order valence-corrected chi connectivity index (χ0v) is 7.66. The fourth-order valence-electron chi connectivity index (χ4n) is 1.79. The Hall–Kier alpha value is -1.09. The van der Waals surface area contributed by atoms with E-state index >= 15 is 0 Å². The van der Waals surface area contributed by atoms with Crippen LogP contribution in [0.4, 0.5) is 0 Å². The van der Waals surface area contributed by atoms with Crippen molar-refractivity contribution in [2.45, 2.75) is 31.7 Å². The van der Waals surface area contributed by atoms with Gasteiger partial charge in [0, 0.05) is 6.20 Å². The van der Waals surface area contributed by atoms with Crippen LogP contribution in [0.15, 0.2) is 23.9 Å². The summed E-state index contributed by atoms with van der Waals surface area (Å²) in [5, 5.41) is 6.82. The minimum Gasteiger partial charge on any atom is -0.319 e. The predicted molar refractivity (Wildman–Crippen MR) is 52.1 cm³/mol. The predicted octanol–water partition coefficient (Wildman–Crippen LogP) is 1.91. The van der Waals surface area contributed by atoms with Crippen LogP contribution < -0.4 is 5.73 Å². The summed E-state index contributed by atoms with van der Waals surface area (Å²) in [4.78, 5) is 0. The second kappa shape index (κ2) is 3.75. The molecule has 3 N–H and O–H groups in total. The minimum absolute atomic E-state index is 0.0304. The molecule has 1 aliphatic carbocycles. The van der Waals surface area contributed by atoms with E-state index in [0.29, 0.717) is 0 Å². The van der Waals surface area contributed by atoms with Crippen molar-refractivity contribution in [3.8, 4) is 0 Å². The summed E-state index contributed by atoms with van der Waals surface area (Å²) < 4.78 is 0. The van der Waals surface area contributed by atoms with Crippen molar-refractivity contribution in [1.82, 2.24) is 10.2 Å². The van der Waals surface area contributed by atoms with Gasteiger partial charge in [0.25, 0.3) is 0 Å². The summed E-state index contributed by atoms with van der Waals surface area (Å²) in [7, 11) is 0. The van der Waals surface area contributed by atoms with Gasteiger partial charge in [-0.3, -0.25) is 5.10 Å². The third-order valence-corrected chi connectivity index (χ3v) is 2.58. The molecule has 1 heterocycles. The largest absolute Gasteiger partial charge is 0.319 e. The normalized spacial score (nSPS) is 19.6. The maximum Gasteiger partial charge on any atom is 0.0680 e. The molecule has 0 bridgehead atoms. The molecule has 0 spiro atoms. The molecule has 0 fully saturated rings. The number of allylic oxidation sites excluding steroid dienone is 1. The van der Waals surface area contributed by atoms with Gasteiger partial charge in [-0.25, -0.2) is 0 Å². The Morgan fingerprint density at radius 1 is 1.46 bits per heavy atom. The van der Waals surface area contributed by atoms with Crippen LogP contribution in [-0.4, -0.2) is 10.2 Å². The van der Waals surface area contributed by atoms with Crippen LogP contribution in [0, 0.1) is 0 Å². The number of aromatic amines is 1. The highest BCUT2D eigenvalue weighted by atomic mass is 15.1. The first kappa shape index (κ1) is 8.51. The maximum absolute atomic E-state index is 6.07. The van der Waals surface area contributed by atoms with Crippen molar-refractivity contribution in [3.63, 3.8) is 0 Å². The minimum atomic E-state index is 0.0304. The van der Waals surface area contributed by atoms with Crippen LogP contribution in [0.2, 0.25) is 0 Å². The Labute approximate surface area is 78.0 Å². The number of nitrogens with two attached hydrogens (primary N) is 1. The van der Waals surface area contributed by atoms with Crippen LogP contribution in [0.3, 0.4) is 0 Å². The molecule has 70 valence electrons. The number of hydrogen-bond donors (Lipinski definition) is 2. The summed E-state index contributed by atoms with van der Waals surface area (Å²) in [6.07, 6.45) is 8.91. The van der Waals surface area contributed by atoms with Gasteiger partial charge in [-0.2, -0.15) is 5.10 Å². The molecule has 1 aliphatic rings. The van der Waals surface area contributed by atoms with Gasteiger partial charge in [-0.15, -0.1) is 0 Å². The number of hydrogen-bond acceptors (Lipinski definition) is 2. The topological polar surface area (TPSA) is 54.7 Å². The number of H-pyrrole nitrogens is 1. The average molecular weight is 177 g/mol. The maximum atomic E-state index is 6.07. The van der Waals surface area contributed by atoms with Gasteiger partial charge in [0.15, 0.2) is 0 Å². The summed E-state index contributed by atoms with van der Waals surface area (Å²) in [5.41, 5.74) is 8.45. The van der Waals surface area contributed by atoms with Gasteiger partial charge in [-0.05, 0) is 31.7 Å². The van der Waals surface area contributed by atoms with E-state index in [1.54, 1.807) is 6.20 Å². The summed E-state index contributed by atoms with van der Waals surface area (Å²) >= 11 is 0. The molecular formula is C10H15N3. The van der Waals surface area contributed by atoms with Crippen molar-refractivity contribution in [2.75, 3.05) is 0 Å². The molecular weight excluding hydrogens is 162 g/mol. The SMILES string of the molecule is NC(C1=CCCCC1)c1ccn[nH]1. The van der Waals surface area contributed by atoms with Crippen molar-refractivity contribution in [1.29, 1.82) is 0 Å². The number of rotatable bonds is 2. The lowest BCUT2D eigenvalue weighted by molar-refractivity contribution is 0.640. The van der Waals surface area contributed by atoms with E-state index in [9.17, 15) is 0 Å². The van der Waals surface area contributed by atoms with Crippen LogP contribution in [-0.2, 0) is 0 Å². The fourth-order valence-corrected chi connectivity index (χ4v) is 1.79. The molecule has 1 unspecified atom stereocenters. The first-order valence-corrected chi connectivity index (χ1v) is 4.81. The number of nitrogens with zero attached hydrogens (tertiary/aromatic N) is 1. The van der Waals surface area contributed by atoms with Gasteiger partial charge in [0.05, 0.1) is 11.7 Å². The molecule has 0 saturated carbocycles. The molecule has 0 aromatic carbocycles. The number of aromatic nitrogens is 2. The number of nitrogens with one attached hydrogen (secondary N) is 1. The summed E-state index contributed by atoms with van der Waals surface area (Å²) in [6.45, 7) is 0. The molecule has 1 atom stereocenters. The standard InChI is InChI=1S/C10H15N3/c11-10(9-6-7-12-13-9)8-4-2-1-3-5-8/h4,6-7,10H,1-3,5,11H2,(H,12,13). The molecule has 1 aromatic rings. The summed E-state index contributed by atoms with van der Waals surface area (Å²) in [6, 6.07) is 1.97. The molecule has 0 aliphatic heterocycles. The first-order valence-electron chi connectivity index (χ1n) is 4.81. The molecule has 0 amide bonds. The van der Waals surface area contributed by atoms with Gasteiger partial charge >= 0.3 is 0 Å². The second-order valence-corrected chi connectivity index (χ2v) is 3.51. The molecule has 3 nitrogen and oxygen atoms in total. The first-order chi connectivity index (χ1) is 6.38. The zero-order valence-electron chi connectivity index (χ0n) is 7.66. The van der Waals surface area contributed by atoms with E-state index < -0.39 is 0 Å². The van der Waals surface area contributed by atoms with E-state index in [2.05, 4.69) is 16.3 Å². The monoisotopic (exact) mass is 177 g/mol. The Morgan fingerprint density at radius 3 is 3.00 bits per heavy atom. The van der Waals surface area contributed by atoms with Crippen molar-refractivity contribution in [3.05, 3.63) is 29.6 Å². The molecule has 13 heavy (non-hydrogen) atoms. The van der Waals surface area contributed by atoms with Gasteiger partial charge in [0.2, 0.25) is 0 Å².